The summed E-state index contributed by atoms with van der Waals surface area (Å²) in [5.74, 6) is 0.633. The topological polar surface area (TPSA) is 21.3 Å². The smallest absolute Gasteiger partial charge is 0.257 e. The molecule has 2 rings (SSSR count). The number of ether oxygens (including phenoxy) is 1. The summed E-state index contributed by atoms with van der Waals surface area (Å²) in [6.07, 6.45) is -1.68. The van der Waals surface area contributed by atoms with Crippen molar-refractivity contribution in [1.29, 1.82) is 0 Å². The Morgan fingerprint density at radius 3 is 2.72 bits per heavy atom. The Labute approximate surface area is 106 Å². The van der Waals surface area contributed by atoms with Gasteiger partial charge in [-0.3, -0.25) is 0 Å². The quantitative estimate of drug-likeness (QED) is 0.891. The van der Waals surface area contributed by atoms with Gasteiger partial charge in [-0.1, -0.05) is 25.1 Å². The Hall–Kier alpha value is -1.16. The third kappa shape index (κ3) is 2.48. The van der Waals surface area contributed by atoms with Gasteiger partial charge >= 0.3 is 0 Å². The highest BCUT2D eigenvalue weighted by Crippen LogP contribution is 2.41. The van der Waals surface area contributed by atoms with Crippen LogP contribution in [0.5, 0.6) is 5.75 Å². The van der Waals surface area contributed by atoms with Crippen molar-refractivity contribution in [3.8, 4) is 5.75 Å². The van der Waals surface area contributed by atoms with Crippen molar-refractivity contribution >= 4 is 0 Å². The number of rotatable bonds is 4. The van der Waals surface area contributed by atoms with Gasteiger partial charge in [0.05, 0.1) is 6.04 Å². The lowest BCUT2D eigenvalue weighted by Gasteiger charge is -2.22. The average Bonchev–Trinajstić information content (AvgIpc) is 2.59. The van der Waals surface area contributed by atoms with Crippen LogP contribution in [0.1, 0.15) is 37.9 Å². The molecule has 1 aromatic rings. The van der Waals surface area contributed by atoms with Crippen LogP contribution in [-0.2, 0) is 6.42 Å². The number of benzene rings is 1. The maximum absolute atomic E-state index is 13.1. The van der Waals surface area contributed by atoms with Crippen LogP contribution < -0.4 is 10.1 Å². The third-order valence-electron chi connectivity index (χ3n) is 3.13. The largest absolute Gasteiger partial charge is 0.487 e. The Morgan fingerprint density at radius 1 is 1.39 bits per heavy atom. The summed E-state index contributed by atoms with van der Waals surface area (Å²) in [5.41, 5.74) is 1.27. The van der Waals surface area contributed by atoms with Crippen LogP contribution >= 0.6 is 0 Å². The van der Waals surface area contributed by atoms with Crippen LogP contribution in [0.4, 0.5) is 8.78 Å². The molecule has 18 heavy (non-hydrogen) atoms. The molecule has 0 spiro atoms. The lowest BCUT2D eigenvalue weighted by Crippen LogP contribution is -2.28. The molecular weight excluding hydrogens is 236 g/mol. The summed E-state index contributed by atoms with van der Waals surface area (Å²) in [6, 6.07) is 4.53. The first-order valence-corrected chi connectivity index (χ1v) is 6.27. The van der Waals surface area contributed by atoms with E-state index in [1.54, 1.807) is 6.07 Å². The minimum absolute atomic E-state index is 0.308. The monoisotopic (exact) mass is 255 g/mol. The highest BCUT2D eigenvalue weighted by atomic mass is 19.3. The van der Waals surface area contributed by atoms with E-state index in [-0.39, 0.29) is 5.60 Å². The molecule has 4 heteroatoms. The molecule has 0 aliphatic carbocycles. The standard InChI is InChI=1S/C14H19F2NO/c1-4-17-11(13(15)16)10-7-5-6-9-8-14(2,3)18-12(9)10/h5-7,11,13,17H,4,8H2,1-3H3. The van der Waals surface area contributed by atoms with Gasteiger partial charge in [0.1, 0.15) is 11.4 Å². The molecule has 0 radical (unpaired) electrons. The first-order chi connectivity index (χ1) is 8.44. The molecule has 0 aromatic heterocycles. The van der Waals surface area contributed by atoms with Crippen molar-refractivity contribution in [2.75, 3.05) is 6.54 Å². The summed E-state index contributed by atoms with van der Waals surface area (Å²) < 4.78 is 32.1. The zero-order valence-corrected chi connectivity index (χ0v) is 11.0. The SMILES string of the molecule is CCNC(c1cccc2c1OC(C)(C)C2)C(F)F. The molecule has 0 fully saturated rings. The zero-order chi connectivity index (χ0) is 13.3. The van der Waals surface area contributed by atoms with E-state index in [0.717, 1.165) is 12.0 Å². The van der Waals surface area contributed by atoms with Gasteiger partial charge in [-0.2, -0.15) is 0 Å². The van der Waals surface area contributed by atoms with E-state index in [1.807, 2.05) is 32.9 Å². The second-order valence-corrected chi connectivity index (χ2v) is 5.24. The van der Waals surface area contributed by atoms with Crippen molar-refractivity contribution in [3.63, 3.8) is 0 Å². The number of hydrogen-bond donors (Lipinski definition) is 1. The van der Waals surface area contributed by atoms with Gasteiger partial charge in [0.2, 0.25) is 0 Å². The fourth-order valence-electron chi connectivity index (χ4n) is 2.44. The van der Waals surface area contributed by atoms with Gasteiger partial charge in [0.15, 0.2) is 0 Å². The Bertz CT molecular complexity index is 432. The Kier molecular flexibility index (Phi) is 3.57. The number of halogens is 2. The summed E-state index contributed by atoms with van der Waals surface area (Å²) >= 11 is 0. The average molecular weight is 255 g/mol. The minimum atomic E-state index is -2.44. The van der Waals surface area contributed by atoms with E-state index in [2.05, 4.69) is 5.32 Å². The summed E-state index contributed by atoms with van der Waals surface area (Å²) in [6.45, 7) is 6.27. The van der Waals surface area contributed by atoms with Crippen molar-refractivity contribution < 1.29 is 13.5 Å². The third-order valence-corrected chi connectivity index (χ3v) is 3.13. The van der Waals surface area contributed by atoms with Crippen molar-refractivity contribution in [3.05, 3.63) is 29.3 Å². The minimum Gasteiger partial charge on any atom is -0.487 e. The maximum Gasteiger partial charge on any atom is 0.257 e. The van der Waals surface area contributed by atoms with Gasteiger partial charge in [0.25, 0.3) is 6.43 Å². The van der Waals surface area contributed by atoms with Crippen molar-refractivity contribution in [2.45, 2.75) is 45.3 Å². The van der Waals surface area contributed by atoms with Crippen LogP contribution in [0, 0.1) is 0 Å². The Morgan fingerprint density at radius 2 is 2.11 bits per heavy atom. The molecule has 100 valence electrons. The van der Waals surface area contributed by atoms with Gasteiger partial charge in [-0.05, 0) is 26.0 Å². The zero-order valence-electron chi connectivity index (χ0n) is 11.0. The molecule has 1 aliphatic heterocycles. The van der Waals surface area contributed by atoms with E-state index in [4.69, 9.17) is 4.74 Å². The van der Waals surface area contributed by atoms with Crippen LogP contribution in [0.3, 0.4) is 0 Å². The van der Waals surface area contributed by atoms with Crippen LogP contribution in [0.15, 0.2) is 18.2 Å². The molecule has 0 saturated carbocycles. The fourth-order valence-corrected chi connectivity index (χ4v) is 2.44. The van der Waals surface area contributed by atoms with E-state index >= 15 is 0 Å². The van der Waals surface area contributed by atoms with Crippen molar-refractivity contribution in [2.24, 2.45) is 0 Å². The first kappa shape index (κ1) is 13.3. The van der Waals surface area contributed by atoms with Crippen LogP contribution in [-0.4, -0.2) is 18.6 Å². The highest BCUT2D eigenvalue weighted by Gasteiger charge is 2.35. The second kappa shape index (κ2) is 4.84. The molecule has 1 atom stereocenters. The van der Waals surface area contributed by atoms with Gasteiger partial charge < -0.3 is 10.1 Å². The van der Waals surface area contributed by atoms with E-state index in [1.165, 1.54) is 0 Å². The predicted octanol–water partition coefficient (Wildman–Crippen LogP) is 3.32. The number of para-hydroxylation sites is 1. The molecule has 0 bridgehead atoms. The lowest BCUT2D eigenvalue weighted by molar-refractivity contribution is 0.0928. The first-order valence-electron chi connectivity index (χ1n) is 6.27. The molecule has 1 N–H and O–H groups in total. The maximum atomic E-state index is 13.1. The van der Waals surface area contributed by atoms with E-state index in [0.29, 0.717) is 17.9 Å². The van der Waals surface area contributed by atoms with Gasteiger partial charge in [0, 0.05) is 12.0 Å². The lowest BCUT2D eigenvalue weighted by atomic mass is 9.98. The normalized spacial score (nSPS) is 18.6. The van der Waals surface area contributed by atoms with Gasteiger partial charge in [-0.15, -0.1) is 0 Å². The fraction of sp³-hybridized carbons (Fsp3) is 0.571. The number of hydrogen-bond acceptors (Lipinski definition) is 2. The molecule has 2 nitrogen and oxygen atoms in total. The molecule has 0 amide bonds. The molecule has 1 unspecified atom stereocenters. The van der Waals surface area contributed by atoms with Crippen LogP contribution in [0.2, 0.25) is 0 Å². The summed E-state index contributed by atoms with van der Waals surface area (Å²) in [5, 5.41) is 2.83. The highest BCUT2D eigenvalue weighted by molar-refractivity contribution is 5.47. The van der Waals surface area contributed by atoms with Crippen LogP contribution in [0.25, 0.3) is 0 Å². The predicted molar refractivity (Wildman–Crippen MR) is 67.3 cm³/mol. The summed E-state index contributed by atoms with van der Waals surface area (Å²) in [7, 11) is 0. The molecular formula is C14H19F2NO. The van der Waals surface area contributed by atoms with E-state index in [9.17, 15) is 8.78 Å². The summed E-state index contributed by atoms with van der Waals surface area (Å²) in [4.78, 5) is 0. The molecule has 1 aromatic carbocycles. The molecule has 1 heterocycles. The molecule has 0 saturated heterocycles. The number of nitrogens with one attached hydrogen (secondary N) is 1. The second-order valence-electron chi connectivity index (χ2n) is 5.24. The molecule has 1 aliphatic rings. The van der Waals surface area contributed by atoms with E-state index < -0.39 is 12.5 Å². The Balaban J connectivity index is 2.38. The van der Waals surface area contributed by atoms with Gasteiger partial charge in [-0.25, -0.2) is 8.78 Å². The number of alkyl halides is 2. The number of fused-ring (bicyclic) bond motifs is 1. The van der Waals surface area contributed by atoms with Crippen molar-refractivity contribution in [1.82, 2.24) is 5.32 Å².